The summed E-state index contributed by atoms with van der Waals surface area (Å²) in [6, 6.07) is 10.1. The SMILES string of the molecule is COc1ccc(Cl)cc1CN(C)C(=O)CNC(=O)c1ccc2n[nH]nc2c1. The second kappa shape index (κ2) is 8.05. The highest BCUT2D eigenvalue weighted by atomic mass is 35.5. The van der Waals surface area contributed by atoms with Crippen molar-refractivity contribution in [2.24, 2.45) is 0 Å². The predicted molar refractivity (Wildman–Crippen MR) is 101 cm³/mol. The fourth-order valence-corrected chi connectivity index (χ4v) is 2.78. The fraction of sp³-hybridized carbons (Fsp3) is 0.222. The van der Waals surface area contributed by atoms with Gasteiger partial charge in [-0.05, 0) is 36.4 Å². The zero-order valence-electron chi connectivity index (χ0n) is 14.8. The third-order valence-corrected chi connectivity index (χ3v) is 4.29. The van der Waals surface area contributed by atoms with E-state index in [1.54, 1.807) is 50.6 Å². The molecule has 1 aromatic heterocycles. The first-order chi connectivity index (χ1) is 13.0. The maximum absolute atomic E-state index is 12.3. The summed E-state index contributed by atoms with van der Waals surface area (Å²) in [6.07, 6.45) is 0. The van der Waals surface area contributed by atoms with Gasteiger partial charge in [-0.25, -0.2) is 0 Å². The van der Waals surface area contributed by atoms with E-state index in [0.29, 0.717) is 33.9 Å². The van der Waals surface area contributed by atoms with Crippen molar-refractivity contribution in [1.82, 2.24) is 25.6 Å². The van der Waals surface area contributed by atoms with Crippen LogP contribution in [-0.4, -0.2) is 52.8 Å². The summed E-state index contributed by atoms with van der Waals surface area (Å²) in [7, 11) is 3.21. The molecule has 8 nitrogen and oxygen atoms in total. The first-order valence-corrected chi connectivity index (χ1v) is 8.51. The number of hydrogen-bond donors (Lipinski definition) is 2. The number of carbonyl (C=O) groups is 2. The molecule has 0 bridgehead atoms. The molecule has 0 spiro atoms. The third-order valence-electron chi connectivity index (χ3n) is 4.05. The van der Waals surface area contributed by atoms with Crippen molar-refractivity contribution >= 4 is 34.4 Å². The average molecular weight is 388 g/mol. The monoisotopic (exact) mass is 387 g/mol. The number of hydrogen-bond acceptors (Lipinski definition) is 5. The van der Waals surface area contributed by atoms with Gasteiger partial charge in [-0.1, -0.05) is 11.6 Å². The van der Waals surface area contributed by atoms with Gasteiger partial charge in [-0.15, -0.1) is 0 Å². The van der Waals surface area contributed by atoms with E-state index in [4.69, 9.17) is 16.3 Å². The molecule has 0 saturated heterocycles. The summed E-state index contributed by atoms with van der Waals surface area (Å²) in [4.78, 5) is 26.1. The molecule has 0 unspecified atom stereocenters. The largest absolute Gasteiger partial charge is 0.496 e. The number of amides is 2. The molecule has 0 aliphatic rings. The number of benzene rings is 2. The molecular weight excluding hydrogens is 370 g/mol. The molecule has 0 radical (unpaired) electrons. The molecule has 3 aromatic rings. The zero-order chi connectivity index (χ0) is 19.4. The summed E-state index contributed by atoms with van der Waals surface area (Å²) in [5, 5.41) is 13.5. The third kappa shape index (κ3) is 4.35. The lowest BCUT2D eigenvalue weighted by molar-refractivity contribution is -0.129. The van der Waals surface area contributed by atoms with Gasteiger partial charge < -0.3 is 15.0 Å². The first-order valence-electron chi connectivity index (χ1n) is 8.13. The zero-order valence-corrected chi connectivity index (χ0v) is 15.6. The van der Waals surface area contributed by atoms with Gasteiger partial charge in [0.05, 0.1) is 13.7 Å². The summed E-state index contributed by atoms with van der Waals surface area (Å²) >= 11 is 6.01. The summed E-state index contributed by atoms with van der Waals surface area (Å²) in [5.41, 5.74) is 2.43. The van der Waals surface area contributed by atoms with Crippen molar-refractivity contribution in [3.8, 4) is 5.75 Å². The van der Waals surface area contributed by atoms with Crippen LogP contribution in [0.1, 0.15) is 15.9 Å². The van der Waals surface area contributed by atoms with E-state index in [1.165, 1.54) is 4.90 Å². The normalized spacial score (nSPS) is 10.6. The van der Waals surface area contributed by atoms with E-state index in [-0.39, 0.29) is 18.4 Å². The summed E-state index contributed by atoms with van der Waals surface area (Å²) < 4.78 is 5.29. The molecule has 9 heteroatoms. The van der Waals surface area contributed by atoms with Crippen LogP contribution >= 0.6 is 11.6 Å². The van der Waals surface area contributed by atoms with Crippen molar-refractivity contribution in [3.05, 3.63) is 52.5 Å². The van der Waals surface area contributed by atoms with Gasteiger partial charge in [-0.3, -0.25) is 9.59 Å². The van der Waals surface area contributed by atoms with Gasteiger partial charge in [0.1, 0.15) is 16.8 Å². The number of likely N-dealkylation sites (N-methyl/N-ethyl adjacent to an activating group) is 1. The van der Waals surface area contributed by atoms with Crippen molar-refractivity contribution in [2.75, 3.05) is 20.7 Å². The topological polar surface area (TPSA) is 100 Å². The minimum Gasteiger partial charge on any atom is -0.496 e. The highest BCUT2D eigenvalue weighted by Crippen LogP contribution is 2.23. The number of nitrogens with zero attached hydrogens (tertiary/aromatic N) is 3. The molecule has 0 fully saturated rings. The molecule has 140 valence electrons. The number of fused-ring (bicyclic) bond motifs is 1. The Bertz CT molecular complexity index is 988. The number of aromatic amines is 1. The molecule has 2 aromatic carbocycles. The van der Waals surface area contributed by atoms with Crippen LogP contribution < -0.4 is 10.1 Å². The van der Waals surface area contributed by atoms with E-state index in [1.807, 2.05) is 0 Å². The minimum atomic E-state index is -0.359. The Hall–Kier alpha value is -3.13. The van der Waals surface area contributed by atoms with E-state index < -0.39 is 0 Å². The smallest absolute Gasteiger partial charge is 0.251 e. The standard InChI is InChI=1S/C18H18ClN5O3/c1-24(10-12-7-13(19)4-6-16(12)27-2)17(25)9-20-18(26)11-3-5-14-15(8-11)22-23-21-14/h3-8H,9-10H2,1-2H3,(H,20,26)(H,21,22,23). The van der Waals surface area contributed by atoms with Crippen molar-refractivity contribution in [3.63, 3.8) is 0 Å². The van der Waals surface area contributed by atoms with Crippen molar-refractivity contribution < 1.29 is 14.3 Å². The molecule has 3 rings (SSSR count). The molecular formula is C18H18ClN5O3. The van der Waals surface area contributed by atoms with E-state index in [2.05, 4.69) is 20.7 Å². The number of ether oxygens (including phenoxy) is 1. The Balaban J connectivity index is 1.59. The van der Waals surface area contributed by atoms with Crippen LogP contribution in [0.15, 0.2) is 36.4 Å². The Morgan fingerprint density at radius 3 is 2.74 bits per heavy atom. The maximum atomic E-state index is 12.3. The van der Waals surface area contributed by atoms with E-state index >= 15 is 0 Å². The number of nitrogens with one attached hydrogen (secondary N) is 2. The fourth-order valence-electron chi connectivity index (χ4n) is 2.59. The highest BCUT2D eigenvalue weighted by molar-refractivity contribution is 6.30. The number of methoxy groups -OCH3 is 1. The van der Waals surface area contributed by atoms with E-state index in [0.717, 1.165) is 5.56 Å². The molecule has 1 heterocycles. The van der Waals surface area contributed by atoms with Crippen LogP contribution in [0.4, 0.5) is 0 Å². The molecule has 0 atom stereocenters. The Morgan fingerprint density at radius 1 is 1.19 bits per heavy atom. The van der Waals surface area contributed by atoms with Crippen LogP contribution in [0, 0.1) is 0 Å². The van der Waals surface area contributed by atoms with Crippen LogP contribution in [-0.2, 0) is 11.3 Å². The van der Waals surface area contributed by atoms with Gasteiger partial charge in [0.25, 0.3) is 5.91 Å². The van der Waals surface area contributed by atoms with Gasteiger partial charge in [-0.2, -0.15) is 15.4 Å². The first kappa shape index (κ1) is 18.7. The summed E-state index contributed by atoms with van der Waals surface area (Å²) in [6.45, 7) is 0.179. The van der Waals surface area contributed by atoms with Crippen LogP contribution in [0.3, 0.4) is 0 Å². The van der Waals surface area contributed by atoms with Crippen molar-refractivity contribution in [2.45, 2.75) is 6.54 Å². The van der Waals surface area contributed by atoms with Crippen molar-refractivity contribution in [1.29, 1.82) is 0 Å². The molecule has 0 saturated carbocycles. The quantitative estimate of drug-likeness (QED) is 0.673. The molecule has 0 aliphatic heterocycles. The Morgan fingerprint density at radius 2 is 1.96 bits per heavy atom. The van der Waals surface area contributed by atoms with Gasteiger partial charge >= 0.3 is 0 Å². The second-order valence-electron chi connectivity index (χ2n) is 5.92. The Kier molecular flexibility index (Phi) is 5.56. The average Bonchev–Trinajstić information content (AvgIpc) is 3.13. The number of aromatic nitrogens is 3. The van der Waals surface area contributed by atoms with Crippen LogP contribution in [0.5, 0.6) is 5.75 Å². The van der Waals surface area contributed by atoms with Gasteiger partial charge in [0, 0.05) is 29.7 Å². The lowest BCUT2D eigenvalue weighted by Gasteiger charge is -2.19. The maximum Gasteiger partial charge on any atom is 0.251 e. The molecule has 2 N–H and O–H groups in total. The lowest BCUT2D eigenvalue weighted by atomic mass is 10.2. The van der Waals surface area contributed by atoms with Gasteiger partial charge in [0.2, 0.25) is 5.91 Å². The number of H-pyrrole nitrogens is 1. The number of rotatable bonds is 6. The molecule has 2 amide bonds. The second-order valence-corrected chi connectivity index (χ2v) is 6.35. The van der Waals surface area contributed by atoms with Gasteiger partial charge in [0.15, 0.2) is 0 Å². The number of carbonyl (C=O) groups excluding carboxylic acids is 2. The molecule has 0 aliphatic carbocycles. The van der Waals surface area contributed by atoms with Crippen LogP contribution in [0.25, 0.3) is 11.0 Å². The highest BCUT2D eigenvalue weighted by Gasteiger charge is 2.15. The predicted octanol–water partition coefficient (Wildman–Crippen LogP) is 2.01. The summed E-state index contributed by atoms with van der Waals surface area (Å²) in [5.74, 6) is 0.0406. The number of halogens is 1. The Labute approximate surface area is 160 Å². The minimum absolute atomic E-state index is 0.130. The van der Waals surface area contributed by atoms with Crippen LogP contribution in [0.2, 0.25) is 5.02 Å². The molecule has 27 heavy (non-hydrogen) atoms. The lowest BCUT2D eigenvalue weighted by Crippen LogP contribution is -2.37. The van der Waals surface area contributed by atoms with E-state index in [9.17, 15) is 9.59 Å².